The summed E-state index contributed by atoms with van der Waals surface area (Å²) in [5.41, 5.74) is 0.0313. The van der Waals surface area contributed by atoms with Gasteiger partial charge in [0.1, 0.15) is 5.76 Å². The van der Waals surface area contributed by atoms with Gasteiger partial charge in [0.2, 0.25) is 0 Å². The number of non-ortho nitro benzene ring substituents is 1. The summed E-state index contributed by atoms with van der Waals surface area (Å²) in [5.74, 6) is -0.648. The van der Waals surface area contributed by atoms with Crippen LogP contribution in [0.5, 0.6) is 0 Å². The highest BCUT2D eigenvalue weighted by molar-refractivity contribution is 8.18. The Morgan fingerprint density at radius 3 is 2.56 bits per heavy atom. The minimum absolute atomic E-state index is 0.149. The van der Waals surface area contributed by atoms with Gasteiger partial charge in [0.25, 0.3) is 16.8 Å². The Bertz CT molecular complexity index is 886. The zero-order valence-corrected chi connectivity index (χ0v) is 13.4. The molecule has 0 N–H and O–H groups in total. The van der Waals surface area contributed by atoms with Gasteiger partial charge in [-0.15, -0.1) is 0 Å². The van der Waals surface area contributed by atoms with E-state index in [2.05, 4.69) is 0 Å². The van der Waals surface area contributed by atoms with Crippen LogP contribution in [0.3, 0.4) is 0 Å². The van der Waals surface area contributed by atoms with Crippen LogP contribution in [-0.2, 0) is 4.79 Å². The molecule has 25 heavy (non-hydrogen) atoms. The van der Waals surface area contributed by atoms with E-state index in [-0.39, 0.29) is 16.2 Å². The van der Waals surface area contributed by atoms with Crippen LogP contribution < -0.4 is 0 Å². The van der Waals surface area contributed by atoms with Gasteiger partial charge in [-0.05, 0) is 36.0 Å². The fourth-order valence-electron chi connectivity index (χ4n) is 2.14. The van der Waals surface area contributed by atoms with E-state index in [0.717, 1.165) is 16.7 Å². The molecular formula is C16H10N2O6S. The van der Waals surface area contributed by atoms with E-state index in [0.29, 0.717) is 5.76 Å². The molecule has 126 valence electrons. The number of nitrogens with zero attached hydrogens (tertiary/aromatic N) is 2. The molecule has 2 aromatic rings. The van der Waals surface area contributed by atoms with Crippen molar-refractivity contribution in [1.29, 1.82) is 0 Å². The maximum Gasteiger partial charge on any atom is 0.293 e. The van der Waals surface area contributed by atoms with Gasteiger partial charge in [-0.2, -0.15) is 0 Å². The van der Waals surface area contributed by atoms with Crippen molar-refractivity contribution in [1.82, 2.24) is 4.90 Å². The number of hydrogen-bond donors (Lipinski definition) is 0. The van der Waals surface area contributed by atoms with Crippen LogP contribution >= 0.6 is 11.8 Å². The largest absolute Gasteiger partial charge is 0.465 e. The number of amides is 2. The zero-order valence-electron chi connectivity index (χ0n) is 12.6. The Balaban J connectivity index is 1.73. The highest BCUT2D eigenvalue weighted by Gasteiger charge is 2.36. The topological polar surface area (TPSA) is 111 Å². The standard InChI is InChI=1S/C16H10N2O6S/c19-13(10-3-5-11(6-4-10)18(22)23)9-17-15(20)14(25-16(17)21)8-12-2-1-7-24-12/h1-8H,9H2/b14-8+. The molecule has 0 radical (unpaired) electrons. The molecule has 2 amide bonds. The lowest BCUT2D eigenvalue weighted by molar-refractivity contribution is -0.384. The van der Waals surface area contributed by atoms with Crippen LogP contribution in [0.4, 0.5) is 10.5 Å². The first-order valence-corrected chi connectivity index (χ1v) is 7.84. The molecule has 0 unspecified atom stereocenters. The molecule has 1 aliphatic heterocycles. The first-order chi connectivity index (χ1) is 12.0. The van der Waals surface area contributed by atoms with Gasteiger partial charge in [-0.25, -0.2) is 0 Å². The molecule has 1 saturated heterocycles. The summed E-state index contributed by atoms with van der Waals surface area (Å²) in [6, 6.07) is 8.25. The number of hydrogen-bond acceptors (Lipinski definition) is 7. The number of ketones is 1. The number of Topliss-reactive ketones (excluding diaryl/α,β-unsaturated/α-hetero) is 1. The number of imide groups is 1. The molecule has 0 saturated carbocycles. The monoisotopic (exact) mass is 358 g/mol. The van der Waals surface area contributed by atoms with Crippen LogP contribution in [0.1, 0.15) is 16.1 Å². The second-order valence-corrected chi connectivity index (χ2v) is 6.00. The summed E-state index contributed by atoms with van der Waals surface area (Å²) in [6.45, 7) is -0.433. The van der Waals surface area contributed by atoms with E-state index in [1.807, 2.05) is 0 Å². The lowest BCUT2D eigenvalue weighted by Crippen LogP contribution is -2.33. The minimum Gasteiger partial charge on any atom is -0.465 e. The first kappa shape index (κ1) is 16.7. The Morgan fingerprint density at radius 1 is 1.24 bits per heavy atom. The molecule has 8 nitrogen and oxygen atoms in total. The van der Waals surface area contributed by atoms with Crippen molar-refractivity contribution in [3.8, 4) is 0 Å². The maximum atomic E-state index is 12.3. The minimum atomic E-state index is -0.582. The molecule has 1 fully saturated rings. The van der Waals surface area contributed by atoms with Gasteiger partial charge >= 0.3 is 0 Å². The molecule has 1 aliphatic rings. The summed E-state index contributed by atoms with van der Waals surface area (Å²) >= 11 is 0.721. The third-order valence-electron chi connectivity index (χ3n) is 3.39. The van der Waals surface area contributed by atoms with Gasteiger partial charge in [0, 0.05) is 23.8 Å². The van der Waals surface area contributed by atoms with Crippen molar-refractivity contribution >= 4 is 40.5 Å². The van der Waals surface area contributed by atoms with E-state index in [4.69, 9.17) is 4.42 Å². The average molecular weight is 358 g/mol. The van der Waals surface area contributed by atoms with Crippen LogP contribution in [0.25, 0.3) is 6.08 Å². The van der Waals surface area contributed by atoms with Gasteiger partial charge in [-0.1, -0.05) is 0 Å². The van der Waals surface area contributed by atoms with Gasteiger partial charge in [-0.3, -0.25) is 29.4 Å². The Labute approximate surface area is 145 Å². The SMILES string of the molecule is O=C(CN1C(=O)S/C(=C/c2ccco2)C1=O)c1ccc([N+](=O)[O-])cc1. The molecule has 0 aliphatic carbocycles. The van der Waals surface area contributed by atoms with Crippen molar-refractivity contribution in [3.05, 3.63) is 69.0 Å². The van der Waals surface area contributed by atoms with Crippen molar-refractivity contribution in [2.75, 3.05) is 6.54 Å². The van der Waals surface area contributed by atoms with E-state index in [1.54, 1.807) is 12.1 Å². The summed E-state index contributed by atoms with van der Waals surface area (Å²) in [6.07, 6.45) is 2.87. The number of rotatable bonds is 5. The van der Waals surface area contributed by atoms with Gasteiger partial charge in [0.05, 0.1) is 22.6 Å². The smallest absolute Gasteiger partial charge is 0.293 e. The van der Waals surface area contributed by atoms with Crippen LogP contribution in [0, 0.1) is 10.1 Å². The molecule has 9 heteroatoms. The molecule has 0 spiro atoms. The molecule has 3 rings (SSSR count). The lowest BCUT2D eigenvalue weighted by atomic mass is 10.1. The Morgan fingerprint density at radius 2 is 1.96 bits per heavy atom. The zero-order chi connectivity index (χ0) is 18.0. The predicted molar refractivity (Wildman–Crippen MR) is 88.8 cm³/mol. The summed E-state index contributed by atoms with van der Waals surface area (Å²) in [5, 5.41) is 10.1. The van der Waals surface area contributed by atoms with E-state index >= 15 is 0 Å². The fraction of sp³-hybridized carbons (Fsp3) is 0.0625. The number of carbonyl (C=O) groups excluding carboxylic acids is 3. The highest BCUT2D eigenvalue weighted by atomic mass is 32.2. The second kappa shape index (κ2) is 6.73. The van der Waals surface area contributed by atoms with Gasteiger partial charge in [0.15, 0.2) is 5.78 Å². The highest BCUT2D eigenvalue weighted by Crippen LogP contribution is 2.32. The van der Waals surface area contributed by atoms with Crippen LogP contribution in [-0.4, -0.2) is 33.3 Å². The number of furan rings is 1. The second-order valence-electron chi connectivity index (χ2n) is 5.01. The Kier molecular flexibility index (Phi) is 4.48. The third-order valence-corrected chi connectivity index (χ3v) is 4.30. The quantitative estimate of drug-likeness (QED) is 0.349. The summed E-state index contributed by atoms with van der Waals surface area (Å²) < 4.78 is 5.10. The van der Waals surface area contributed by atoms with E-state index in [1.165, 1.54) is 36.6 Å². The van der Waals surface area contributed by atoms with Crippen LogP contribution in [0.2, 0.25) is 0 Å². The average Bonchev–Trinajstić information content (AvgIpc) is 3.19. The summed E-state index contributed by atoms with van der Waals surface area (Å²) in [7, 11) is 0. The third kappa shape index (κ3) is 3.50. The lowest BCUT2D eigenvalue weighted by Gasteiger charge is -2.11. The van der Waals surface area contributed by atoms with Crippen molar-refractivity contribution in [3.63, 3.8) is 0 Å². The van der Waals surface area contributed by atoms with Gasteiger partial charge < -0.3 is 4.42 Å². The molecule has 0 atom stereocenters. The number of thioether (sulfide) groups is 1. The van der Waals surface area contributed by atoms with E-state index < -0.39 is 28.4 Å². The first-order valence-electron chi connectivity index (χ1n) is 7.02. The van der Waals surface area contributed by atoms with Crippen molar-refractivity contribution < 1.29 is 23.7 Å². The van der Waals surface area contributed by atoms with E-state index in [9.17, 15) is 24.5 Å². The molecule has 0 bridgehead atoms. The van der Waals surface area contributed by atoms with Crippen LogP contribution in [0.15, 0.2) is 52.0 Å². The predicted octanol–water partition coefficient (Wildman–Crippen LogP) is 3.11. The normalized spacial score (nSPS) is 15.8. The molecule has 2 heterocycles. The number of benzene rings is 1. The molecule has 1 aromatic carbocycles. The number of carbonyl (C=O) groups is 3. The fourth-order valence-corrected chi connectivity index (χ4v) is 2.96. The Hall–Kier alpha value is -3.20. The number of nitro groups is 1. The summed E-state index contributed by atoms with van der Waals surface area (Å²) in [4.78, 5) is 47.5. The molecule has 1 aromatic heterocycles. The maximum absolute atomic E-state index is 12.3. The van der Waals surface area contributed by atoms with Crippen molar-refractivity contribution in [2.24, 2.45) is 0 Å². The molecular weight excluding hydrogens is 348 g/mol. The van der Waals surface area contributed by atoms with Crippen molar-refractivity contribution in [2.45, 2.75) is 0 Å². The number of nitro benzene ring substituents is 1.